The molecule has 29 heavy (non-hydrogen) atoms. The Hall–Kier alpha value is -3.08. The van der Waals surface area contributed by atoms with Crippen LogP contribution < -0.4 is 10.1 Å². The van der Waals surface area contributed by atoms with E-state index < -0.39 is 6.04 Å². The van der Waals surface area contributed by atoms with Gasteiger partial charge in [0.1, 0.15) is 11.8 Å². The molecule has 152 valence electrons. The van der Waals surface area contributed by atoms with Crippen molar-refractivity contribution in [3.63, 3.8) is 0 Å². The number of rotatable bonds is 8. The van der Waals surface area contributed by atoms with Crippen LogP contribution in [0.1, 0.15) is 30.9 Å². The number of carbonyl (C=O) groups excluding carboxylic acids is 2. The highest BCUT2D eigenvalue weighted by Gasteiger charge is 2.27. The second kappa shape index (κ2) is 10.5. The number of nitrogens with one attached hydrogen (secondary N) is 1. The van der Waals surface area contributed by atoms with E-state index >= 15 is 0 Å². The molecule has 1 heterocycles. The van der Waals surface area contributed by atoms with E-state index in [4.69, 9.17) is 4.74 Å². The van der Waals surface area contributed by atoms with Gasteiger partial charge in [0, 0.05) is 31.1 Å². The summed E-state index contributed by atoms with van der Waals surface area (Å²) in [5, 5.41) is 2.91. The van der Waals surface area contributed by atoms with Gasteiger partial charge in [-0.2, -0.15) is 0 Å². The molecule has 1 aliphatic heterocycles. The monoisotopic (exact) mass is 392 g/mol. The average molecular weight is 392 g/mol. The van der Waals surface area contributed by atoms with Gasteiger partial charge in [0.05, 0.1) is 6.61 Å². The molecule has 2 amide bonds. The standard InChI is InChI=1S/C24H28N2O3/c1-2-29-22-13-7-6-12-20(22)14-15-23(27)25-21(18-19-10-4-3-5-11-19)24(28)26-16-8-9-17-26/h3-7,10-15,21H,2,8-9,16-18H2,1H3,(H,25,27)/b15-14+. The third-order valence-electron chi connectivity index (χ3n) is 4.95. The second-order valence-electron chi connectivity index (χ2n) is 7.09. The zero-order valence-electron chi connectivity index (χ0n) is 16.8. The van der Waals surface area contributed by atoms with Crippen molar-refractivity contribution in [1.29, 1.82) is 0 Å². The normalized spacial score (nSPS) is 14.7. The van der Waals surface area contributed by atoms with Crippen LogP contribution >= 0.6 is 0 Å². The van der Waals surface area contributed by atoms with Gasteiger partial charge >= 0.3 is 0 Å². The smallest absolute Gasteiger partial charge is 0.245 e. The predicted octanol–water partition coefficient (Wildman–Crippen LogP) is 3.45. The molecule has 1 fully saturated rings. The molecule has 3 rings (SSSR count). The van der Waals surface area contributed by atoms with Crippen LogP contribution in [0.2, 0.25) is 0 Å². The van der Waals surface area contributed by atoms with Gasteiger partial charge in [-0.15, -0.1) is 0 Å². The first-order chi connectivity index (χ1) is 14.2. The summed E-state index contributed by atoms with van der Waals surface area (Å²) in [6, 6.07) is 16.8. The lowest BCUT2D eigenvalue weighted by Gasteiger charge is -2.23. The molecular formula is C24H28N2O3. The number of amides is 2. The topological polar surface area (TPSA) is 58.6 Å². The van der Waals surface area contributed by atoms with Crippen LogP contribution in [0.5, 0.6) is 5.75 Å². The molecule has 1 atom stereocenters. The largest absolute Gasteiger partial charge is 0.493 e. The van der Waals surface area contributed by atoms with Crippen LogP contribution in [0, 0.1) is 0 Å². The first-order valence-corrected chi connectivity index (χ1v) is 10.2. The number of likely N-dealkylation sites (tertiary alicyclic amines) is 1. The third-order valence-corrected chi connectivity index (χ3v) is 4.95. The molecule has 0 aromatic heterocycles. The highest BCUT2D eigenvalue weighted by Crippen LogP contribution is 2.19. The minimum Gasteiger partial charge on any atom is -0.493 e. The van der Waals surface area contributed by atoms with Gasteiger partial charge in [-0.05, 0) is 37.5 Å². The summed E-state index contributed by atoms with van der Waals surface area (Å²) in [7, 11) is 0. The Kier molecular flexibility index (Phi) is 7.45. The fourth-order valence-corrected chi connectivity index (χ4v) is 3.50. The van der Waals surface area contributed by atoms with Gasteiger partial charge in [-0.25, -0.2) is 0 Å². The number of ether oxygens (including phenoxy) is 1. The molecule has 0 bridgehead atoms. The summed E-state index contributed by atoms with van der Waals surface area (Å²) >= 11 is 0. The van der Waals surface area contributed by atoms with E-state index in [9.17, 15) is 9.59 Å². The number of nitrogens with zero attached hydrogens (tertiary/aromatic N) is 1. The van der Waals surface area contributed by atoms with E-state index in [1.54, 1.807) is 6.08 Å². The van der Waals surface area contributed by atoms with Crippen LogP contribution in [0.15, 0.2) is 60.7 Å². The van der Waals surface area contributed by atoms with Crippen molar-refractivity contribution < 1.29 is 14.3 Å². The number of hydrogen-bond acceptors (Lipinski definition) is 3. The fourth-order valence-electron chi connectivity index (χ4n) is 3.50. The molecule has 0 radical (unpaired) electrons. The molecular weight excluding hydrogens is 364 g/mol. The SMILES string of the molecule is CCOc1ccccc1/C=C/C(=O)NC(Cc1ccccc1)C(=O)N1CCCC1. The molecule has 1 N–H and O–H groups in total. The summed E-state index contributed by atoms with van der Waals surface area (Å²) in [6.07, 6.45) is 5.70. The number of hydrogen-bond donors (Lipinski definition) is 1. The molecule has 1 aliphatic rings. The van der Waals surface area contributed by atoms with Gasteiger partial charge in [-0.3, -0.25) is 9.59 Å². The van der Waals surface area contributed by atoms with Gasteiger partial charge in [0.2, 0.25) is 11.8 Å². The molecule has 2 aromatic carbocycles. The van der Waals surface area contributed by atoms with Crippen LogP contribution in [-0.4, -0.2) is 42.5 Å². The summed E-state index contributed by atoms with van der Waals surface area (Å²) in [4.78, 5) is 27.4. The Labute approximate surface area is 172 Å². The second-order valence-corrected chi connectivity index (χ2v) is 7.09. The quantitative estimate of drug-likeness (QED) is 0.700. The van der Waals surface area contributed by atoms with Crippen LogP contribution in [0.3, 0.4) is 0 Å². The van der Waals surface area contributed by atoms with E-state index in [1.807, 2.05) is 66.4 Å². The van der Waals surface area contributed by atoms with E-state index in [0.29, 0.717) is 13.0 Å². The van der Waals surface area contributed by atoms with Crippen molar-refractivity contribution in [3.8, 4) is 5.75 Å². The van der Waals surface area contributed by atoms with Crippen molar-refractivity contribution in [3.05, 3.63) is 71.8 Å². The predicted molar refractivity (Wildman–Crippen MR) is 115 cm³/mol. The van der Waals surface area contributed by atoms with Gasteiger partial charge in [-0.1, -0.05) is 48.5 Å². The third kappa shape index (κ3) is 5.95. The zero-order valence-corrected chi connectivity index (χ0v) is 16.8. The Bertz CT molecular complexity index is 842. The first-order valence-electron chi connectivity index (χ1n) is 10.2. The number of benzene rings is 2. The van der Waals surface area contributed by atoms with Crippen molar-refractivity contribution in [2.45, 2.75) is 32.2 Å². The van der Waals surface area contributed by atoms with Crippen molar-refractivity contribution in [2.24, 2.45) is 0 Å². The average Bonchev–Trinajstić information content (AvgIpc) is 3.28. The molecule has 0 aliphatic carbocycles. The first kappa shape index (κ1) is 20.6. The zero-order chi connectivity index (χ0) is 20.5. The molecule has 1 saturated heterocycles. The van der Waals surface area contributed by atoms with Gasteiger partial charge < -0.3 is 15.0 Å². The van der Waals surface area contributed by atoms with Crippen LogP contribution in [-0.2, 0) is 16.0 Å². The van der Waals surface area contributed by atoms with E-state index in [1.165, 1.54) is 6.08 Å². The highest BCUT2D eigenvalue weighted by atomic mass is 16.5. The minimum absolute atomic E-state index is 0.0113. The minimum atomic E-state index is -0.574. The summed E-state index contributed by atoms with van der Waals surface area (Å²) < 4.78 is 5.59. The molecule has 5 nitrogen and oxygen atoms in total. The van der Waals surface area contributed by atoms with E-state index in [-0.39, 0.29) is 11.8 Å². The lowest BCUT2D eigenvalue weighted by Crippen LogP contribution is -2.48. The molecule has 0 spiro atoms. The van der Waals surface area contributed by atoms with Crippen molar-refractivity contribution in [2.75, 3.05) is 19.7 Å². The van der Waals surface area contributed by atoms with Gasteiger partial charge in [0.25, 0.3) is 0 Å². The maximum absolute atomic E-state index is 13.0. The lowest BCUT2D eigenvalue weighted by molar-refractivity contribution is -0.134. The molecule has 0 saturated carbocycles. The van der Waals surface area contributed by atoms with Crippen molar-refractivity contribution in [1.82, 2.24) is 10.2 Å². The maximum Gasteiger partial charge on any atom is 0.245 e. The molecule has 5 heteroatoms. The number of carbonyl (C=O) groups is 2. The Morgan fingerprint density at radius 1 is 1.07 bits per heavy atom. The lowest BCUT2D eigenvalue weighted by atomic mass is 10.0. The summed E-state index contributed by atoms with van der Waals surface area (Å²) in [5.74, 6) is 0.431. The Morgan fingerprint density at radius 3 is 2.48 bits per heavy atom. The molecule has 1 unspecified atom stereocenters. The van der Waals surface area contributed by atoms with E-state index in [2.05, 4.69) is 5.32 Å². The van der Waals surface area contributed by atoms with Crippen molar-refractivity contribution >= 4 is 17.9 Å². The Morgan fingerprint density at radius 2 is 1.76 bits per heavy atom. The van der Waals surface area contributed by atoms with Crippen LogP contribution in [0.4, 0.5) is 0 Å². The van der Waals surface area contributed by atoms with Gasteiger partial charge in [0.15, 0.2) is 0 Å². The summed E-state index contributed by atoms with van der Waals surface area (Å²) in [6.45, 7) is 4.00. The number of para-hydroxylation sites is 1. The van der Waals surface area contributed by atoms with Crippen LogP contribution in [0.25, 0.3) is 6.08 Å². The maximum atomic E-state index is 13.0. The Balaban J connectivity index is 1.71. The fraction of sp³-hybridized carbons (Fsp3) is 0.333. The summed E-state index contributed by atoms with van der Waals surface area (Å²) in [5.41, 5.74) is 1.85. The highest BCUT2D eigenvalue weighted by molar-refractivity contribution is 5.96. The van der Waals surface area contributed by atoms with E-state index in [0.717, 1.165) is 42.8 Å². The molecule has 2 aromatic rings.